The fourth-order valence-corrected chi connectivity index (χ4v) is 2.39. The zero-order chi connectivity index (χ0) is 12.1. The maximum absolute atomic E-state index is 9.36. The molecule has 0 aliphatic heterocycles. The maximum atomic E-state index is 9.36. The van der Waals surface area contributed by atoms with Crippen LogP contribution in [0.5, 0.6) is 11.5 Å². The summed E-state index contributed by atoms with van der Waals surface area (Å²) in [5, 5.41) is 9.36. The second-order valence-corrected chi connectivity index (χ2v) is 4.69. The molecular formula is C14H14O2S. The molecule has 0 atom stereocenters. The third-order valence-electron chi connectivity index (χ3n) is 2.36. The Hall–Kier alpha value is -1.61. The molecule has 2 rings (SSSR count). The first-order valence-corrected chi connectivity index (χ1v) is 6.31. The Morgan fingerprint density at radius 2 is 1.94 bits per heavy atom. The van der Waals surface area contributed by atoms with Crippen molar-refractivity contribution in [2.45, 2.75) is 10.6 Å². The van der Waals surface area contributed by atoms with E-state index < -0.39 is 0 Å². The Kier molecular flexibility index (Phi) is 3.94. The van der Waals surface area contributed by atoms with E-state index in [1.165, 1.54) is 5.56 Å². The first kappa shape index (κ1) is 11.9. The van der Waals surface area contributed by atoms with Gasteiger partial charge in [0.1, 0.15) is 11.5 Å². The van der Waals surface area contributed by atoms with Gasteiger partial charge in [-0.15, -0.1) is 11.8 Å². The van der Waals surface area contributed by atoms with Crippen molar-refractivity contribution in [3.05, 3.63) is 54.1 Å². The predicted molar refractivity (Wildman–Crippen MR) is 70.7 cm³/mol. The van der Waals surface area contributed by atoms with Gasteiger partial charge in [0, 0.05) is 10.6 Å². The van der Waals surface area contributed by atoms with Crippen molar-refractivity contribution in [2.24, 2.45) is 0 Å². The Balaban J connectivity index is 2.02. The van der Waals surface area contributed by atoms with Crippen molar-refractivity contribution >= 4 is 11.8 Å². The van der Waals surface area contributed by atoms with Crippen LogP contribution in [0.15, 0.2) is 53.4 Å². The molecule has 1 N–H and O–H groups in total. The maximum Gasteiger partial charge on any atom is 0.119 e. The lowest BCUT2D eigenvalue weighted by Gasteiger charge is -2.05. The Morgan fingerprint density at radius 1 is 1.12 bits per heavy atom. The molecule has 17 heavy (non-hydrogen) atoms. The number of thioether (sulfide) groups is 1. The number of phenolic OH excluding ortho intramolecular Hbond substituents is 1. The minimum absolute atomic E-state index is 0.306. The van der Waals surface area contributed by atoms with Gasteiger partial charge in [0.2, 0.25) is 0 Å². The zero-order valence-electron chi connectivity index (χ0n) is 9.59. The number of rotatable bonds is 4. The van der Waals surface area contributed by atoms with Crippen LogP contribution in [0.3, 0.4) is 0 Å². The highest BCUT2D eigenvalue weighted by Crippen LogP contribution is 2.26. The van der Waals surface area contributed by atoms with Gasteiger partial charge in [-0.3, -0.25) is 0 Å². The van der Waals surface area contributed by atoms with Gasteiger partial charge < -0.3 is 9.84 Å². The SMILES string of the molecule is COc1cccc(CSc2cccc(O)c2)c1. The molecule has 0 saturated heterocycles. The summed E-state index contributed by atoms with van der Waals surface area (Å²) in [5.41, 5.74) is 1.21. The topological polar surface area (TPSA) is 29.5 Å². The van der Waals surface area contributed by atoms with E-state index in [1.807, 2.05) is 30.3 Å². The first-order chi connectivity index (χ1) is 8.28. The fraction of sp³-hybridized carbons (Fsp3) is 0.143. The summed E-state index contributed by atoms with van der Waals surface area (Å²) in [6, 6.07) is 15.3. The molecule has 0 fully saturated rings. The molecule has 0 aromatic heterocycles. The largest absolute Gasteiger partial charge is 0.508 e. The van der Waals surface area contributed by atoms with Crippen LogP contribution in [-0.2, 0) is 5.75 Å². The van der Waals surface area contributed by atoms with Crippen molar-refractivity contribution in [2.75, 3.05) is 7.11 Å². The van der Waals surface area contributed by atoms with Gasteiger partial charge in [-0.1, -0.05) is 18.2 Å². The zero-order valence-corrected chi connectivity index (χ0v) is 10.4. The van der Waals surface area contributed by atoms with Crippen LogP contribution in [0.25, 0.3) is 0 Å². The highest BCUT2D eigenvalue weighted by atomic mass is 32.2. The summed E-state index contributed by atoms with van der Waals surface area (Å²) in [7, 11) is 1.67. The summed E-state index contributed by atoms with van der Waals surface area (Å²) < 4.78 is 5.18. The van der Waals surface area contributed by atoms with Gasteiger partial charge >= 0.3 is 0 Å². The van der Waals surface area contributed by atoms with Gasteiger partial charge in [0.05, 0.1) is 7.11 Å². The van der Waals surface area contributed by atoms with Crippen molar-refractivity contribution in [1.29, 1.82) is 0 Å². The molecule has 0 spiro atoms. The molecule has 2 aromatic carbocycles. The van der Waals surface area contributed by atoms with Crippen LogP contribution in [0.4, 0.5) is 0 Å². The van der Waals surface area contributed by atoms with E-state index >= 15 is 0 Å². The lowest BCUT2D eigenvalue weighted by Crippen LogP contribution is -1.85. The molecule has 0 aliphatic rings. The average Bonchev–Trinajstić information content (AvgIpc) is 2.37. The van der Waals surface area contributed by atoms with E-state index in [2.05, 4.69) is 6.07 Å². The number of hydrogen-bond donors (Lipinski definition) is 1. The van der Waals surface area contributed by atoms with Gasteiger partial charge in [0.15, 0.2) is 0 Å². The van der Waals surface area contributed by atoms with Gasteiger partial charge in [0.25, 0.3) is 0 Å². The molecule has 0 amide bonds. The van der Waals surface area contributed by atoms with Crippen molar-refractivity contribution in [1.82, 2.24) is 0 Å². The number of methoxy groups -OCH3 is 1. The van der Waals surface area contributed by atoms with Gasteiger partial charge in [-0.05, 0) is 35.9 Å². The number of hydrogen-bond acceptors (Lipinski definition) is 3. The van der Waals surface area contributed by atoms with E-state index in [0.717, 1.165) is 16.4 Å². The third-order valence-corrected chi connectivity index (χ3v) is 3.42. The highest BCUT2D eigenvalue weighted by Gasteiger charge is 1.99. The molecule has 0 unspecified atom stereocenters. The van der Waals surface area contributed by atoms with E-state index in [0.29, 0.717) is 5.75 Å². The summed E-state index contributed by atoms with van der Waals surface area (Å²) in [4.78, 5) is 1.06. The number of aromatic hydroxyl groups is 1. The first-order valence-electron chi connectivity index (χ1n) is 5.33. The monoisotopic (exact) mass is 246 g/mol. The van der Waals surface area contributed by atoms with E-state index in [9.17, 15) is 5.11 Å². The summed E-state index contributed by atoms with van der Waals surface area (Å²) in [5.74, 6) is 2.04. The molecule has 0 bridgehead atoms. The second-order valence-electron chi connectivity index (χ2n) is 3.64. The van der Waals surface area contributed by atoms with Gasteiger partial charge in [-0.2, -0.15) is 0 Å². The molecule has 2 aromatic rings. The number of phenols is 1. The number of ether oxygens (including phenoxy) is 1. The van der Waals surface area contributed by atoms with E-state index in [4.69, 9.17) is 4.74 Å². The van der Waals surface area contributed by atoms with E-state index in [1.54, 1.807) is 31.0 Å². The minimum Gasteiger partial charge on any atom is -0.508 e. The molecule has 88 valence electrons. The molecular weight excluding hydrogens is 232 g/mol. The second kappa shape index (κ2) is 5.64. The third kappa shape index (κ3) is 3.43. The normalized spacial score (nSPS) is 10.2. The molecule has 0 saturated carbocycles. The van der Waals surface area contributed by atoms with Crippen LogP contribution in [0.2, 0.25) is 0 Å². The van der Waals surface area contributed by atoms with Crippen LogP contribution < -0.4 is 4.74 Å². The predicted octanol–water partition coefficient (Wildman–Crippen LogP) is 3.69. The van der Waals surface area contributed by atoms with Crippen LogP contribution >= 0.6 is 11.8 Å². The Bertz CT molecular complexity index is 497. The van der Waals surface area contributed by atoms with Crippen molar-refractivity contribution < 1.29 is 9.84 Å². The molecule has 0 heterocycles. The summed E-state index contributed by atoms with van der Waals surface area (Å²) in [6.07, 6.45) is 0. The van der Waals surface area contributed by atoms with Gasteiger partial charge in [-0.25, -0.2) is 0 Å². The fourth-order valence-electron chi connectivity index (χ4n) is 1.50. The standard InChI is InChI=1S/C14H14O2S/c1-16-13-6-2-4-11(8-13)10-17-14-7-3-5-12(15)9-14/h2-9,15H,10H2,1H3. The van der Waals surface area contributed by atoms with Crippen LogP contribution in [0.1, 0.15) is 5.56 Å². The van der Waals surface area contributed by atoms with Crippen molar-refractivity contribution in [3.8, 4) is 11.5 Å². The van der Waals surface area contributed by atoms with Crippen LogP contribution in [0, 0.1) is 0 Å². The van der Waals surface area contributed by atoms with E-state index in [-0.39, 0.29) is 0 Å². The quantitative estimate of drug-likeness (QED) is 0.834. The summed E-state index contributed by atoms with van der Waals surface area (Å²) >= 11 is 1.69. The smallest absolute Gasteiger partial charge is 0.119 e. The lowest BCUT2D eigenvalue weighted by molar-refractivity contribution is 0.414. The lowest BCUT2D eigenvalue weighted by atomic mass is 10.2. The average molecular weight is 246 g/mol. The minimum atomic E-state index is 0.306. The summed E-state index contributed by atoms with van der Waals surface area (Å²) in [6.45, 7) is 0. The Morgan fingerprint density at radius 3 is 2.71 bits per heavy atom. The molecule has 2 nitrogen and oxygen atoms in total. The molecule has 0 aliphatic carbocycles. The highest BCUT2D eigenvalue weighted by molar-refractivity contribution is 7.98. The van der Waals surface area contributed by atoms with Crippen LogP contribution in [-0.4, -0.2) is 12.2 Å². The molecule has 0 radical (unpaired) electrons. The Labute approximate surface area is 105 Å². The van der Waals surface area contributed by atoms with Crippen molar-refractivity contribution in [3.63, 3.8) is 0 Å². The molecule has 3 heteroatoms. The number of benzene rings is 2.